The average molecular weight is 390 g/mol. The molecule has 144 valence electrons. The van der Waals surface area contributed by atoms with Crippen molar-refractivity contribution >= 4 is 29.2 Å². The Balaban J connectivity index is 1.51. The molecule has 4 rings (SSSR count). The zero-order valence-corrected chi connectivity index (χ0v) is 15.1. The van der Waals surface area contributed by atoms with Crippen LogP contribution in [0.15, 0.2) is 71.1 Å². The number of rotatable bonds is 6. The molecule has 0 radical (unpaired) electrons. The van der Waals surface area contributed by atoms with E-state index in [1.807, 2.05) is 6.07 Å². The first-order chi connectivity index (χ1) is 14.1. The van der Waals surface area contributed by atoms with E-state index >= 15 is 0 Å². The Bertz CT molecular complexity index is 1170. The van der Waals surface area contributed by atoms with Gasteiger partial charge in [-0.3, -0.25) is 9.59 Å². The Kier molecular flexibility index (Phi) is 5.03. The minimum Gasteiger partial charge on any atom is -0.436 e. The molecule has 6 nitrogen and oxygen atoms in total. The molecular formula is C22H15FN2O4. The second-order valence-corrected chi connectivity index (χ2v) is 6.20. The monoisotopic (exact) mass is 390 g/mol. The molecule has 1 aromatic heterocycles. The van der Waals surface area contributed by atoms with Crippen molar-refractivity contribution in [2.45, 2.75) is 6.42 Å². The van der Waals surface area contributed by atoms with E-state index < -0.39 is 11.8 Å². The molecule has 0 aliphatic carbocycles. The zero-order valence-electron chi connectivity index (χ0n) is 15.1. The van der Waals surface area contributed by atoms with E-state index in [-0.39, 0.29) is 23.6 Å². The first-order valence-corrected chi connectivity index (χ1v) is 8.78. The molecule has 0 bridgehead atoms. The first kappa shape index (κ1) is 18.4. The average Bonchev–Trinajstić information content (AvgIpc) is 3.13. The van der Waals surface area contributed by atoms with Crippen LogP contribution in [-0.4, -0.2) is 17.4 Å². The maximum Gasteiger partial charge on any atom is 0.315 e. The van der Waals surface area contributed by atoms with Gasteiger partial charge in [0.2, 0.25) is 12.3 Å². The van der Waals surface area contributed by atoms with Crippen LogP contribution in [0.3, 0.4) is 0 Å². The van der Waals surface area contributed by atoms with Gasteiger partial charge in [0.1, 0.15) is 17.1 Å². The number of aromatic nitrogens is 1. The van der Waals surface area contributed by atoms with Gasteiger partial charge in [-0.05, 0) is 35.9 Å². The Morgan fingerprint density at radius 1 is 1.10 bits per heavy atom. The largest absolute Gasteiger partial charge is 0.436 e. The van der Waals surface area contributed by atoms with Crippen LogP contribution in [0, 0.1) is 5.82 Å². The van der Waals surface area contributed by atoms with E-state index in [0.717, 1.165) is 6.07 Å². The number of oxazole rings is 1. The summed E-state index contributed by atoms with van der Waals surface area (Å²) >= 11 is 0. The summed E-state index contributed by atoms with van der Waals surface area (Å²) in [6.45, 7) is 0. The minimum atomic E-state index is -0.620. The van der Waals surface area contributed by atoms with E-state index in [2.05, 4.69) is 10.3 Å². The van der Waals surface area contributed by atoms with Gasteiger partial charge in [-0.2, -0.15) is 0 Å². The molecule has 0 saturated carbocycles. The van der Waals surface area contributed by atoms with Gasteiger partial charge in [-0.1, -0.05) is 30.3 Å². The van der Waals surface area contributed by atoms with E-state index in [1.165, 1.54) is 12.1 Å². The number of para-hydroxylation sites is 3. The third kappa shape index (κ3) is 3.98. The molecule has 0 spiro atoms. The van der Waals surface area contributed by atoms with Gasteiger partial charge in [0, 0.05) is 11.8 Å². The highest BCUT2D eigenvalue weighted by atomic mass is 19.1. The second kappa shape index (κ2) is 7.93. The Morgan fingerprint density at radius 2 is 1.90 bits per heavy atom. The lowest BCUT2D eigenvalue weighted by Crippen LogP contribution is -2.13. The van der Waals surface area contributed by atoms with Crippen LogP contribution in [0.1, 0.15) is 5.56 Å². The molecule has 0 aliphatic rings. The number of hydrogen-bond donors (Lipinski definition) is 1. The summed E-state index contributed by atoms with van der Waals surface area (Å²) in [7, 11) is 0. The zero-order chi connectivity index (χ0) is 20.2. The van der Waals surface area contributed by atoms with E-state index in [1.54, 1.807) is 42.5 Å². The van der Waals surface area contributed by atoms with Gasteiger partial charge < -0.3 is 14.5 Å². The summed E-state index contributed by atoms with van der Waals surface area (Å²) in [5.41, 5.74) is 2.45. The standard InChI is InChI=1S/C22H15FN2O4/c23-17-12-15(28-21(27)11-14-5-1-2-6-18(14)24-13-26)9-10-16(17)22-25-19-7-3-4-8-20(19)29-22/h1-10,12-13H,11H2,(H,24,26). The van der Waals surface area contributed by atoms with Crippen LogP contribution in [0.4, 0.5) is 10.1 Å². The quantitative estimate of drug-likeness (QED) is 0.301. The predicted octanol–water partition coefficient (Wildman–Crippen LogP) is 4.35. The number of hydrogen-bond acceptors (Lipinski definition) is 5. The molecule has 4 aromatic rings. The lowest BCUT2D eigenvalue weighted by molar-refractivity contribution is -0.133. The Labute approximate surface area is 164 Å². The Hall–Kier alpha value is -4.00. The third-order valence-electron chi connectivity index (χ3n) is 4.26. The van der Waals surface area contributed by atoms with Crippen molar-refractivity contribution in [2.24, 2.45) is 0 Å². The van der Waals surface area contributed by atoms with Crippen LogP contribution >= 0.6 is 0 Å². The van der Waals surface area contributed by atoms with Crippen LogP contribution in [0.5, 0.6) is 5.75 Å². The highest BCUT2D eigenvalue weighted by Crippen LogP contribution is 2.29. The number of nitrogens with zero attached hydrogens (tertiary/aromatic N) is 1. The molecule has 0 unspecified atom stereocenters. The van der Waals surface area contributed by atoms with Crippen molar-refractivity contribution in [3.63, 3.8) is 0 Å². The van der Waals surface area contributed by atoms with Crippen molar-refractivity contribution in [1.29, 1.82) is 0 Å². The lowest BCUT2D eigenvalue weighted by Gasteiger charge is -2.09. The molecule has 0 fully saturated rings. The molecule has 7 heteroatoms. The summed E-state index contributed by atoms with van der Waals surface area (Å²) in [6.07, 6.45) is 0.454. The summed E-state index contributed by atoms with van der Waals surface area (Å²) in [5.74, 6) is -0.993. The smallest absolute Gasteiger partial charge is 0.315 e. The highest BCUT2D eigenvalue weighted by Gasteiger charge is 2.15. The van der Waals surface area contributed by atoms with E-state index in [9.17, 15) is 14.0 Å². The van der Waals surface area contributed by atoms with Crippen molar-refractivity contribution in [3.05, 3.63) is 78.1 Å². The normalized spacial score (nSPS) is 10.7. The number of halogens is 1. The Morgan fingerprint density at radius 3 is 2.69 bits per heavy atom. The number of carbonyl (C=O) groups is 2. The van der Waals surface area contributed by atoms with Gasteiger partial charge in [-0.15, -0.1) is 0 Å². The topological polar surface area (TPSA) is 81.4 Å². The van der Waals surface area contributed by atoms with Crippen LogP contribution in [0.2, 0.25) is 0 Å². The van der Waals surface area contributed by atoms with Crippen LogP contribution in [0.25, 0.3) is 22.6 Å². The maximum absolute atomic E-state index is 14.6. The third-order valence-corrected chi connectivity index (χ3v) is 4.26. The number of benzene rings is 3. The number of carbonyl (C=O) groups excluding carboxylic acids is 2. The van der Waals surface area contributed by atoms with Crippen molar-refractivity contribution in [3.8, 4) is 17.2 Å². The molecule has 0 saturated heterocycles. The fourth-order valence-corrected chi connectivity index (χ4v) is 2.92. The first-order valence-electron chi connectivity index (χ1n) is 8.78. The van der Waals surface area contributed by atoms with Gasteiger partial charge in [0.15, 0.2) is 5.58 Å². The van der Waals surface area contributed by atoms with Crippen molar-refractivity contribution in [1.82, 2.24) is 4.98 Å². The highest BCUT2D eigenvalue weighted by molar-refractivity contribution is 5.81. The van der Waals surface area contributed by atoms with Crippen LogP contribution in [-0.2, 0) is 16.0 Å². The molecule has 1 amide bonds. The number of anilines is 1. The lowest BCUT2D eigenvalue weighted by atomic mass is 10.1. The SMILES string of the molecule is O=CNc1ccccc1CC(=O)Oc1ccc(-c2nc3ccccc3o2)c(F)c1. The van der Waals surface area contributed by atoms with E-state index in [0.29, 0.717) is 28.8 Å². The molecule has 0 atom stereocenters. The molecule has 0 aliphatic heterocycles. The molecule has 1 heterocycles. The molecule has 29 heavy (non-hydrogen) atoms. The molecule has 1 N–H and O–H groups in total. The minimum absolute atomic E-state index is 0.0631. The van der Waals surface area contributed by atoms with Gasteiger partial charge in [0.25, 0.3) is 0 Å². The summed E-state index contributed by atoms with van der Waals surface area (Å²) in [4.78, 5) is 27.2. The van der Waals surface area contributed by atoms with Crippen LogP contribution < -0.4 is 10.1 Å². The number of ether oxygens (including phenoxy) is 1. The van der Waals surface area contributed by atoms with E-state index in [4.69, 9.17) is 9.15 Å². The molecule has 3 aromatic carbocycles. The summed E-state index contributed by atoms with van der Waals surface area (Å²) in [6, 6.07) is 18.0. The number of amides is 1. The maximum atomic E-state index is 14.6. The fraction of sp³-hybridized carbons (Fsp3) is 0.0455. The van der Waals surface area contributed by atoms with Gasteiger partial charge >= 0.3 is 5.97 Å². The summed E-state index contributed by atoms with van der Waals surface area (Å²) < 4.78 is 25.4. The fourth-order valence-electron chi connectivity index (χ4n) is 2.92. The van der Waals surface area contributed by atoms with Gasteiger partial charge in [0.05, 0.1) is 12.0 Å². The summed E-state index contributed by atoms with van der Waals surface area (Å²) in [5, 5.41) is 2.53. The molecular weight excluding hydrogens is 375 g/mol. The predicted molar refractivity (Wildman–Crippen MR) is 105 cm³/mol. The van der Waals surface area contributed by atoms with Crippen molar-refractivity contribution < 1.29 is 23.1 Å². The van der Waals surface area contributed by atoms with Gasteiger partial charge in [-0.25, -0.2) is 9.37 Å². The second-order valence-electron chi connectivity index (χ2n) is 6.20. The number of fused-ring (bicyclic) bond motifs is 1. The van der Waals surface area contributed by atoms with Crippen molar-refractivity contribution in [2.75, 3.05) is 5.32 Å². The number of esters is 1. The number of nitrogens with one attached hydrogen (secondary N) is 1.